The summed E-state index contributed by atoms with van der Waals surface area (Å²) in [5, 5.41) is 11.3. The zero-order chi connectivity index (χ0) is 20.5. The predicted octanol–water partition coefficient (Wildman–Crippen LogP) is 4.23. The van der Waals surface area contributed by atoms with E-state index in [1.54, 1.807) is 11.0 Å². The van der Waals surface area contributed by atoms with Crippen molar-refractivity contribution in [1.29, 1.82) is 0 Å². The van der Waals surface area contributed by atoms with Crippen molar-refractivity contribution in [3.8, 4) is 0 Å². The van der Waals surface area contributed by atoms with Gasteiger partial charge in [-0.1, -0.05) is 17.7 Å². The Morgan fingerprint density at radius 2 is 1.75 bits per heavy atom. The van der Waals surface area contributed by atoms with Crippen molar-refractivity contribution in [2.24, 2.45) is 0 Å². The molecule has 3 rings (SSSR count). The highest BCUT2D eigenvalue weighted by Gasteiger charge is 2.32. The Kier molecular flexibility index (Phi) is 5.46. The second kappa shape index (κ2) is 7.67. The molecule has 0 unspecified atom stereocenters. The molecule has 0 atom stereocenters. The summed E-state index contributed by atoms with van der Waals surface area (Å²) in [7, 11) is 0. The minimum absolute atomic E-state index is 0.0677. The predicted molar refractivity (Wildman–Crippen MR) is 97.7 cm³/mol. The molecule has 1 aliphatic rings. The van der Waals surface area contributed by atoms with Gasteiger partial charge in [0.1, 0.15) is 5.56 Å². The Balaban J connectivity index is 1.73. The third-order valence-corrected chi connectivity index (χ3v) is 4.73. The van der Waals surface area contributed by atoms with Crippen molar-refractivity contribution in [3.63, 3.8) is 0 Å². The summed E-state index contributed by atoms with van der Waals surface area (Å²) in [5.41, 5.74) is -0.764. The number of nitrogens with zero attached hydrogens (tertiary/aromatic N) is 3. The van der Waals surface area contributed by atoms with Gasteiger partial charge in [-0.05, 0) is 30.3 Å². The van der Waals surface area contributed by atoms with Gasteiger partial charge in [-0.3, -0.25) is 14.9 Å². The molecule has 1 fully saturated rings. The molecule has 0 spiro atoms. The van der Waals surface area contributed by atoms with E-state index in [4.69, 9.17) is 11.6 Å². The first-order valence-corrected chi connectivity index (χ1v) is 8.70. The number of rotatable bonds is 3. The van der Waals surface area contributed by atoms with Crippen LogP contribution < -0.4 is 4.90 Å². The standard InChI is InChI=1S/C18H15ClF3N3O3/c19-13-4-5-15(16(11-13)25(27)28)17(26)24-8-6-23(7-9-24)14-3-1-2-12(10-14)18(20,21)22/h1-5,10-11H,6-9H2. The zero-order valence-corrected chi connectivity index (χ0v) is 15.2. The smallest absolute Gasteiger partial charge is 0.368 e. The molecule has 0 saturated carbocycles. The van der Waals surface area contributed by atoms with Crippen LogP contribution in [0.15, 0.2) is 42.5 Å². The number of carbonyl (C=O) groups excluding carboxylic acids is 1. The highest BCUT2D eigenvalue weighted by Crippen LogP contribution is 2.32. The fourth-order valence-corrected chi connectivity index (χ4v) is 3.22. The van der Waals surface area contributed by atoms with Crippen molar-refractivity contribution in [3.05, 3.63) is 68.7 Å². The van der Waals surface area contributed by atoms with Gasteiger partial charge in [0.15, 0.2) is 0 Å². The van der Waals surface area contributed by atoms with Gasteiger partial charge in [0, 0.05) is 43.0 Å². The van der Waals surface area contributed by atoms with Crippen LogP contribution in [0, 0.1) is 10.1 Å². The maximum Gasteiger partial charge on any atom is 0.416 e. The van der Waals surface area contributed by atoms with Crippen LogP contribution in [0.1, 0.15) is 15.9 Å². The number of alkyl halides is 3. The normalized spacial score (nSPS) is 14.9. The number of hydrogen-bond donors (Lipinski definition) is 0. The molecule has 0 aliphatic carbocycles. The average Bonchev–Trinajstić information content (AvgIpc) is 2.67. The van der Waals surface area contributed by atoms with Crippen molar-refractivity contribution in [2.75, 3.05) is 31.1 Å². The molecule has 0 radical (unpaired) electrons. The lowest BCUT2D eigenvalue weighted by Gasteiger charge is -2.36. The summed E-state index contributed by atoms with van der Waals surface area (Å²) in [4.78, 5) is 26.4. The van der Waals surface area contributed by atoms with Crippen LogP contribution in [0.5, 0.6) is 0 Å². The third-order valence-electron chi connectivity index (χ3n) is 4.49. The highest BCUT2D eigenvalue weighted by atomic mass is 35.5. The number of carbonyl (C=O) groups is 1. The number of nitro benzene ring substituents is 1. The molecule has 2 aromatic carbocycles. The van der Waals surface area contributed by atoms with Crippen LogP contribution in [-0.2, 0) is 6.18 Å². The SMILES string of the molecule is O=C(c1ccc(Cl)cc1[N+](=O)[O-])N1CCN(c2cccc(C(F)(F)F)c2)CC1. The van der Waals surface area contributed by atoms with Crippen molar-refractivity contribution >= 4 is 28.9 Å². The van der Waals surface area contributed by atoms with Gasteiger partial charge >= 0.3 is 6.18 Å². The van der Waals surface area contributed by atoms with Crippen molar-refractivity contribution < 1.29 is 22.9 Å². The van der Waals surface area contributed by atoms with Crippen molar-refractivity contribution in [1.82, 2.24) is 4.90 Å². The molecule has 0 N–H and O–H groups in total. The van der Waals surface area contributed by atoms with Crippen LogP contribution >= 0.6 is 11.6 Å². The van der Waals surface area contributed by atoms with Crippen LogP contribution in [0.4, 0.5) is 24.5 Å². The largest absolute Gasteiger partial charge is 0.416 e. The zero-order valence-electron chi connectivity index (χ0n) is 14.4. The first-order chi connectivity index (χ1) is 13.2. The molecule has 1 heterocycles. The molecule has 1 aliphatic heterocycles. The Hall–Kier alpha value is -2.81. The number of halogens is 4. The molecule has 1 saturated heterocycles. The molecule has 0 bridgehead atoms. The highest BCUT2D eigenvalue weighted by molar-refractivity contribution is 6.31. The van der Waals surface area contributed by atoms with E-state index < -0.39 is 22.6 Å². The average molecular weight is 414 g/mol. The third kappa shape index (κ3) is 4.19. The molecular weight excluding hydrogens is 399 g/mol. The van der Waals surface area contributed by atoms with E-state index >= 15 is 0 Å². The van der Waals surface area contributed by atoms with Gasteiger partial charge in [0.05, 0.1) is 10.5 Å². The molecule has 28 heavy (non-hydrogen) atoms. The summed E-state index contributed by atoms with van der Waals surface area (Å²) >= 11 is 5.77. The topological polar surface area (TPSA) is 66.7 Å². The maximum absolute atomic E-state index is 12.9. The molecular formula is C18H15ClF3N3O3. The van der Waals surface area contributed by atoms with E-state index in [0.717, 1.165) is 18.2 Å². The second-order valence-corrected chi connectivity index (χ2v) is 6.68. The minimum atomic E-state index is -4.43. The maximum atomic E-state index is 12.9. The Morgan fingerprint density at radius 1 is 1.07 bits per heavy atom. The van der Waals surface area contributed by atoms with Gasteiger partial charge < -0.3 is 9.80 Å². The number of hydrogen-bond acceptors (Lipinski definition) is 4. The molecule has 10 heteroatoms. The number of anilines is 1. The summed E-state index contributed by atoms with van der Waals surface area (Å²) in [6.45, 7) is 1.09. The van der Waals surface area contributed by atoms with Gasteiger partial charge in [-0.2, -0.15) is 13.2 Å². The number of piperazine rings is 1. The van der Waals surface area contributed by atoms with E-state index in [9.17, 15) is 28.1 Å². The van der Waals surface area contributed by atoms with E-state index in [0.29, 0.717) is 18.8 Å². The monoisotopic (exact) mass is 413 g/mol. The Morgan fingerprint density at radius 3 is 2.36 bits per heavy atom. The molecule has 6 nitrogen and oxygen atoms in total. The summed E-state index contributed by atoms with van der Waals surface area (Å²) in [6.07, 6.45) is -4.43. The summed E-state index contributed by atoms with van der Waals surface area (Å²) in [5.74, 6) is -0.507. The van der Waals surface area contributed by atoms with Crippen molar-refractivity contribution in [2.45, 2.75) is 6.18 Å². The van der Waals surface area contributed by atoms with Crippen LogP contribution in [0.2, 0.25) is 5.02 Å². The second-order valence-electron chi connectivity index (χ2n) is 6.25. The molecule has 2 aromatic rings. The van der Waals surface area contributed by atoms with Gasteiger partial charge in [-0.15, -0.1) is 0 Å². The quantitative estimate of drug-likeness (QED) is 0.558. The fourth-order valence-electron chi connectivity index (χ4n) is 3.05. The molecule has 0 aromatic heterocycles. The van der Waals surface area contributed by atoms with Crippen LogP contribution in [-0.4, -0.2) is 41.9 Å². The van der Waals surface area contributed by atoms with E-state index in [1.165, 1.54) is 23.1 Å². The lowest BCUT2D eigenvalue weighted by molar-refractivity contribution is -0.385. The van der Waals surface area contributed by atoms with Crippen LogP contribution in [0.3, 0.4) is 0 Å². The van der Waals surface area contributed by atoms with Gasteiger partial charge in [0.25, 0.3) is 11.6 Å². The number of benzene rings is 2. The van der Waals surface area contributed by atoms with E-state index in [1.807, 2.05) is 0 Å². The van der Waals surface area contributed by atoms with Gasteiger partial charge in [-0.25, -0.2) is 0 Å². The van der Waals surface area contributed by atoms with Gasteiger partial charge in [0.2, 0.25) is 0 Å². The Labute approximate surface area is 163 Å². The number of nitro groups is 1. The lowest BCUT2D eigenvalue weighted by atomic mass is 10.1. The number of amides is 1. The fraction of sp³-hybridized carbons (Fsp3) is 0.278. The van der Waals surface area contributed by atoms with E-state index in [2.05, 4.69) is 0 Å². The summed E-state index contributed by atoms with van der Waals surface area (Å²) in [6, 6.07) is 8.82. The van der Waals surface area contributed by atoms with E-state index in [-0.39, 0.29) is 29.4 Å². The summed E-state index contributed by atoms with van der Waals surface area (Å²) < 4.78 is 38.7. The lowest BCUT2D eigenvalue weighted by Crippen LogP contribution is -2.49. The van der Waals surface area contributed by atoms with Crippen LogP contribution in [0.25, 0.3) is 0 Å². The first-order valence-electron chi connectivity index (χ1n) is 8.32. The molecule has 148 valence electrons. The molecule has 1 amide bonds. The minimum Gasteiger partial charge on any atom is -0.368 e. The first kappa shape index (κ1) is 19.9. The Bertz CT molecular complexity index is 912.